The van der Waals surface area contributed by atoms with Crippen LogP contribution >= 0.6 is 0 Å². The second-order valence-electron chi connectivity index (χ2n) is 8.11. The van der Waals surface area contributed by atoms with E-state index < -0.39 is 21.4 Å². The van der Waals surface area contributed by atoms with Crippen LogP contribution in [0.15, 0.2) is 71.6 Å². The molecule has 3 rings (SSSR count). The number of carbonyl (C=O) groups is 1. The first-order valence-corrected chi connectivity index (χ1v) is 11.9. The molecule has 0 amide bonds. The number of Topliss-reactive ketones (excluding diaryl/α,β-unsaturated/α-hetero) is 1. The van der Waals surface area contributed by atoms with Crippen LogP contribution < -0.4 is 0 Å². The van der Waals surface area contributed by atoms with Gasteiger partial charge >= 0.3 is 0 Å². The van der Waals surface area contributed by atoms with E-state index in [2.05, 4.69) is 31.7 Å². The number of phenolic OH excluding ortho intramolecular Hbond substituents is 1. The molecule has 1 aromatic rings. The maximum absolute atomic E-state index is 12.7. The zero-order valence-corrected chi connectivity index (χ0v) is 18.2. The molecule has 1 heterocycles. The summed E-state index contributed by atoms with van der Waals surface area (Å²) in [6.45, 7) is 7.65. The minimum Gasteiger partial charge on any atom is -0.508 e. The van der Waals surface area contributed by atoms with Crippen LogP contribution in [-0.2, 0) is 25.8 Å². The summed E-state index contributed by atoms with van der Waals surface area (Å²) in [7, 11) is -3.66. The van der Waals surface area contributed by atoms with Gasteiger partial charge in [0.1, 0.15) is 17.6 Å². The molecule has 160 valence electrons. The Kier molecular flexibility index (Phi) is 6.66. The molecule has 5 nitrogen and oxygen atoms in total. The number of phenols is 1. The van der Waals surface area contributed by atoms with E-state index in [9.17, 15) is 18.3 Å². The number of carbonyl (C=O) groups excluding carboxylic acids is 1. The van der Waals surface area contributed by atoms with E-state index in [-0.39, 0.29) is 29.6 Å². The van der Waals surface area contributed by atoms with Crippen molar-refractivity contribution in [2.75, 3.05) is 11.5 Å². The molecular formula is C24H28O5S. The van der Waals surface area contributed by atoms with E-state index in [1.807, 2.05) is 0 Å². The number of ether oxygens (including phenoxy) is 1. The van der Waals surface area contributed by atoms with Gasteiger partial charge in [0.25, 0.3) is 0 Å². The normalized spacial score (nSPS) is 21.3. The Bertz CT molecular complexity index is 1040. The molecule has 2 atom stereocenters. The summed E-state index contributed by atoms with van der Waals surface area (Å²) < 4.78 is 31.2. The molecule has 1 aromatic carbocycles. The van der Waals surface area contributed by atoms with Gasteiger partial charge in [0.15, 0.2) is 15.6 Å². The number of ketones is 1. The van der Waals surface area contributed by atoms with Crippen LogP contribution in [0.1, 0.15) is 32.3 Å². The van der Waals surface area contributed by atoms with Crippen molar-refractivity contribution < 1.29 is 23.1 Å². The first-order valence-electron chi connectivity index (χ1n) is 10.1. The van der Waals surface area contributed by atoms with E-state index in [0.717, 1.165) is 12.0 Å². The Labute approximate surface area is 178 Å². The highest BCUT2D eigenvalue weighted by Crippen LogP contribution is 2.33. The van der Waals surface area contributed by atoms with Crippen LogP contribution in [0.2, 0.25) is 0 Å². The lowest BCUT2D eigenvalue weighted by Gasteiger charge is -2.18. The Morgan fingerprint density at radius 1 is 1.30 bits per heavy atom. The lowest BCUT2D eigenvalue weighted by Crippen LogP contribution is -2.22. The Morgan fingerprint density at radius 3 is 2.70 bits per heavy atom. The van der Waals surface area contributed by atoms with Crippen LogP contribution in [0.5, 0.6) is 5.75 Å². The number of sulfone groups is 1. The van der Waals surface area contributed by atoms with Gasteiger partial charge in [-0.25, -0.2) is 8.42 Å². The zero-order valence-electron chi connectivity index (χ0n) is 17.4. The van der Waals surface area contributed by atoms with Crippen molar-refractivity contribution in [2.24, 2.45) is 5.92 Å². The zero-order chi connectivity index (χ0) is 21.9. The summed E-state index contributed by atoms with van der Waals surface area (Å²) in [5, 5.41) is 9.84. The average Bonchev–Trinajstić information content (AvgIpc) is 3.03. The predicted molar refractivity (Wildman–Crippen MR) is 118 cm³/mol. The summed E-state index contributed by atoms with van der Waals surface area (Å²) in [6, 6.07) is 6.63. The van der Waals surface area contributed by atoms with Gasteiger partial charge in [-0.2, -0.15) is 0 Å². The van der Waals surface area contributed by atoms with Gasteiger partial charge in [0.05, 0.1) is 11.5 Å². The third-order valence-corrected chi connectivity index (χ3v) is 6.99. The van der Waals surface area contributed by atoms with Crippen molar-refractivity contribution in [2.45, 2.75) is 39.2 Å². The van der Waals surface area contributed by atoms with Gasteiger partial charge in [-0.3, -0.25) is 4.79 Å². The third-order valence-electron chi connectivity index (χ3n) is 5.50. The number of allylic oxidation sites excluding steroid dienone is 4. The van der Waals surface area contributed by atoms with E-state index in [1.165, 1.54) is 6.07 Å². The Morgan fingerprint density at radius 2 is 2.03 bits per heavy atom. The van der Waals surface area contributed by atoms with Crippen LogP contribution in [0.3, 0.4) is 0 Å². The summed E-state index contributed by atoms with van der Waals surface area (Å²) in [5.41, 5.74) is 2.50. The fourth-order valence-electron chi connectivity index (χ4n) is 3.64. The maximum Gasteiger partial charge on any atom is 0.173 e. The molecule has 0 spiro atoms. The summed E-state index contributed by atoms with van der Waals surface area (Å²) in [5.74, 6) is -0.138. The molecule has 2 unspecified atom stereocenters. The predicted octanol–water partition coefficient (Wildman–Crippen LogP) is 4.06. The monoisotopic (exact) mass is 428 g/mol. The minimum atomic E-state index is -3.66. The number of benzene rings is 1. The molecule has 30 heavy (non-hydrogen) atoms. The SMILES string of the molecule is C=C(Cc1ccccc1O)C(=O)CS(=O)(=O)CC1=C(C)OC(C2=CCC(C)C=C2)C1. The Balaban J connectivity index is 1.59. The molecule has 1 aliphatic heterocycles. The van der Waals surface area contributed by atoms with Crippen LogP contribution in [-0.4, -0.2) is 36.9 Å². The second kappa shape index (κ2) is 9.04. The van der Waals surface area contributed by atoms with Crippen molar-refractivity contribution in [1.29, 1.82) is 0 Å². The number of hydrogen-bond donors (Lipinski definition) is 1. The van der Waals surface area contributed by atoms with Crippen molar-refractivity contribution in [1.82, 2.24) is 0 Å². The molecule has 0 fully saturated rings. The van der Waals surface area contributed by atoms with E-state index in [1.54, 1.807) is 25.1 Å². The second-order valence-corrected chi connectivity index (χ2v) is 10.2. The fraction of sp³-hybridized carbons (Fsp3) is 0.375. The van der Waals surface area contributed by atoms with Crippen LogP contribution in [0.25, 0.3) is 0 Å². The van der Waals surface area contributed by atoms with Gasteiger partial charge in [0.2, 0.25) is 0 Å². The molecule has 0 radical (unpaired) electrons. The summed E-state index contributed by atoms with van der Waals surface area (Å²) >= 11 is 0. The molecule has 0 saturated heterocycles. The first-order chi connectivity index (χ1) is 14.1. The van der Waals surface area contributed by atoms with Gasteiger partial charge in [-0.15, -0.1) is 0 Å². The standard InChI is InChI=1S/C24H28O5S/c1-16-8-10-19(11-9-16)24-13-21(18(3)29-24)14-30(27,28)15-23(26)17(2)12-20-6-4-5-7-22(20)25/h4-8,10-11,16,24-25H,2,9,12-15H2,1,3H3. The van der Waals surface area contributed by atoms with Crippen molar-refractivity contribution >= 4 is 15.6 Å². The van der Waals surface area contributed by atoms with Gasteiger partial charge in [-0.1, -0.05) is 49.9 Å². The topological polar surface area (TPSA) is 80.7 Å². The average molecular weight is 429 g/mol. The quantitative estimate of drug-likeness (QED) is 0.632. The maximum atomic E-state index is 12.7. The summed E-state index contributed by atoms with van der Waals surface area (Å²) in [4.78, 5) is 12.4. The molecule has 6 heteroatoms. The molecular weight excluding hydrogens is 400 g/mol. The molecule has 0 aromatic heterocycles. The third kappa shape index (κ3) is 5.51. The largest absolute Gasteiger partial charge is 0.508 e. The van der Waals surface area contributed by atoms with Gasteiger partial charge in [-0.05, 0) is 47.6 Å². The highest BCUT2D eigenvalue weighted by Gasteiger charge is 2.30. The van der Waals surface area contributed by atoms with Crippen LogP contribution in [0, 0.1) is 5.92 Å². The van der Waals surface area contributed by atoms with Crippen molar-refractivity contribution in [3.63, 3.8) is 0 Å². The number of rotatable bonds is 8. The lowest BCUT2D eigenvalue weighted by molar-refractivity contribution is -0.113. The van der Waals surface area contributed by atoms with Gasteiger partial charge < -0.3 is 9.84 Å². The molecule has 1 N–H and O–H groups in total. The highest BCUT2D eigenvalue weighted by molar-refractivity contribution is 7.92. The lowest BCUT2D eigenvalue weighted by atomic mass is 9.94. The summed E-state index contributed by atoms with van der Waals surface area (Å²) in [6.07, 6.45) is 7.76. The fourth-order valence-corrected chi connectivity index (χ4v) is 5.20. The minimum absolute atomic E-state index is 0.0599. The first kappa shape index (κ1) is 22.1. The molecule has 2 aliphatic rings. The van der Waals surface area contributed by atoms with E-state index in [0.29, 0.717) is 29.2 Å². The Hall–Kier alpha value is -2.60. The number of para-hydroxylation sites is 1. The highest BCUT2D eigenvalue weighted by atomic mass is 32.2. The van der Waals surface area contributed by atoms with E-state index >= 15 is 0 Å². The smallest absolute Gasteiger partial charge is 0.173 e. The van der Waals surface area contributed by atoms with Crippen LogP contribution in [0.4, 0.5) is 0 Å². The van der Waals surface area contributed by atoms with E-state index in [4.69, 9.17) is 4.74 Å². The van der Waals surface area contributed by atoms with Gasteiger partial charge in [0, 0.05) is 12.8 Å². The molecule has 0 bridgehead atoms. The number of hydrogen-bond acceptors (Lipinski definition) is 5. The molecule has 0 saturated carbocycles. The van der Waals surface area contributed by atoms with Crippen molar-refractivity contribution in [3.05, 3.63) is 77.1 Å². The number of aromatic hydroxyl groups is 1. The molecule has 1 aliphatic carbocycles. The van der Waals surface area contributed by atoms with Crippen molar-refractivity contribution in [3.8, 4) is 5.75 Å².